The van der Waals surface area contributed by atoms with Crippen LogP contribution < -0.4 is 0 Å². The van der Waals surface area contributed by atoms with Crippen molar-refractivity contribution in [3.8, 4) is 11.8 Å². The van der Waals surface area contributed by atoms with Gasteiger partial charge in [0.1, 0.15) is 0 Å². The Morgan fingerprint density at radius 3 is 2.78 bits per heavy atom. The third-order valence-electron chi connectivity index (χ3n) is 1.42. The fraction of sp³-hybridized carbons (Fsp3) is 0.714. The molecule has 1 aliphatic heterocycles. The lowest BCUT2D eigenvalue weighted by Crippen LogP contribution is -2.50. The van der Waals surface area contributed by atoms with Gasteiger partial charge in [0.05, 0.1) is 12.6 Å². The van der Waals surface area contributed by atoms with E-state index in [1.807, 2.05) is 6.92 Å². The van der Waals surface area contributed by atoms with E-state index in [0.717, 1.165) is 19.6 Å². The largest absolute Gasteiger partial charge is 0.390 e. The molecule has 1 saturated heterocycles. The van der Waals surface area contributed by atoms with Crippen LogP contribution in [0.1, 0.15) is 6.92 Å². The van der Waals surface area contributed by atoms with Gasteiger partial charge < -0.3 is 5.11 Å². The SMILES string of the molecule is CC#CCN1CC(O)C1. The maximum absolute atomic E-state index is 8.83. The van der Waals surface area contributed by atoms with Gasteiger partial charge in [-0.15, -0.1) is 5.92 Å². The molecule has 1 rings (SSSR count). The first-order valence-corrected chi connectivity index (χ1v) is 3.13. The smallest absolute Gasteiger partial charge is 0.0794 e. The predicted octanol–water partition coefficient (Wildman–Crippen LogP) is -0.314. The van der Waals surface area contributed by atoms with Crippen LogP contribution in [0.15, 0.2) is 0 Å². The molecule has 0 aromatic rings. The number of likely N-dealkylation sites (tertiary alicyclic amines) is 1. The predicted molar refractivity (Wildman–Crippen MR) is 35.9 cm³/mol. The summed E-state index contributed by atoms with van der Waals surface area (Å²) in [5.41, 5.74) is 0. The van der Waals surface area contributed by atoms with Gasteiger partial charge in [0, 0.05) is 13.1 Å². The Balaban J connectivity index is 2.08. The number of β-amino-alcohol motifs (C(OH)–C–C–N with tert-alkyl or cyclic N) is 1. The molecule has 0 spiro atoms. The van der Waals surface area contributed by atoms with Gasteiger partial charge in [-0.2, -0.15) is 0 Å². The van der Waals surface area contributed by atoms with Crippen molar-refractivity contribution in [3.05, 3.63) is 0 Å². The van der Waals surface area contributed by atoms with E-state index in [4.69, 9.17) is 5.11 Å². The fourth-order valence-corrected chi connectivity index (χ4v) is 0.863. The van der Waals surface area contributed by atoms with Gasteiger partial charge in [-0.3, -0.25) is 4.90 Å². The monoisotopic (exact) mass is 125 g/mol. The number of rotatable bonds is 1. The molecule has 1 fully saturated rings. The molecule has 0 aliphatic carbocycles. The topological polar surface area (TPSA) is 23.5 Å². The number of nitrogens with zero attached hydrogens (tertiary/aromatic N) is 1. The second-order valence-electron chi connectivity index (χ2n) is 2.27. The highest BCUT2D eigenvalue weighted by Gasteiger charge is 2.22. The molecule has 2 nitrogen and oxygen atoms in total. The van der Waals surface area contributed by atoms with Crippen molar-refractivity contribution in [2.75, 3.05) is 19.6 Å². The molecule has 1 heterocycles. The van der Waals surface area contributed by atoms with Gasteiger partial charge in [-0.25, -0.2) is 0 Å². The van der Waals surface area contributed by atoms with Crippen LogP contribution >= 0.6 is 0 Å². The number of hydrogen-bond acceptors (Lipinski definition) is 2. The molecule has 0 aromatic carbocycles. The molecule has 0 amide bonds. The van der Waals surface area contributed by atoms with Crippen LogP contribution in [0.5, 0.6) is 0 Å². The lowest BCUT2D eigenvalue weighted by atomic mass is 10.2. The van der Waals surface area contributed by atoms with Crippen LogP contribution in [0.25, 0.3) is 0 Å². The zero-order valence-electron chi connectivity index (χ0n) is 5.59. The van der Waals surface area contributed by atoms with E-state index >= 15 is 0 Å². The summed E-state index contributed by atoms with van der Waals surface area (Å²) in [7, 11) is 0. The van der Waals surface area contributed by atoms with E-state index in [1.54, 1.807) is 0 Å². The summed E-state index contributed by atoms with van der Waals surface area (Å²) in [4.78, 5) is 2.11. The van der Waals surface area contributed by atoms with Gasteiger partial charge in [0.15, 0.2) is 0 Å². The van der Waals surface area contributed by atoms with Gasteiger partial charge >= 0.3 is 0 Å². The highest BCUT2D eigenvalue weighted by atomic mass is 16.3. The molecule has 50 valence electrons. The minimum absolute atomic E-state index is 0.0938. The molecule has 1 N–H and O–H groups in total. The first-order chi connectivity index (χ1) is 4.33. The zero-order valence-corrected chi connectivity index (χ0v) is 5.59. The summed E-state index contributed by atoms with van der Waals surface area (Å²) in [6, 6.07) is 0. The van der Waals surface area contributed by atoms with E-state index in [1.165, 1.54) is 0 Å². The van der Waals surface area contributed by atoms with E-state index < -0.39 is 0 Å². The normalized spacial score (nSPS) is 20.2. The second-order valence-corrected chi connectivity index (χ2v) is 2.27. The Morgan fingerprint density at radius 2 is 2.33 bits per heavy atom. The third-order valence-corrected chi connectivity index (χ3v) is 1.42. The molecule has 2 heteroatoms. The Labute approximate surface area is 55.5 Å². The first kappa shape index (κ1) is 6.60. The maximum Gasteiger partial charge on any atom is 0.0794 e. The van der Waals surface area contributed by atoms with Gasteiger partial charge in [-0.1, -0.05) is 5.92 Å². The summed E-state index contributed by atoms with van der Waals surface area (Å²) in [6.07, 6.45) is -0.0938. The van der Waals surface area contributed by atoms with Crippen LogP contribution in [-0.4, -0.2) is 35.7 Å². The lowest BCUT2D eigenvalue weighted by Gasteiger charge is -2.33. The zero-order chi connectivity index (χ0) is 6.69. The molecule has 0 saturated carbocycles. The number of hydrogen-bond donors (Lipinski definition) is 1. The summed E-state index contributed by atoms with van der Waals surface area (Å²) in [5.74, 6) is 5.74. The van der Waals surface area contributed by atoms with Crippen LogP contribution in [0.2, 0.25) is 0 Å². The number of aliphatic hydroxyl groups is 1. The van der Waals surface area contributed by atoms with Gasteiger partial charge in [0.2, 0.25) is 0 Å². The van der Waals surface area contributed by atoms with Crippen LogP contribution in [0, 0.1) is 11.8 Å². The minimum atomic E-state index is -0.0938. The summed E-state index contributed by atoms with van der Waals surface area (Å²) in [6.45, 7) is 4.24. The highest BCUT2D eigenvalue weighted by Crippen LogP contribution is 2.04. The molecule has 0 aromatic heterocycles. The molecule has 0 bridgehead atoms. The minimum Gasteiger partial charge on any atom is -0.390 e. The third kappa shape index (κ3) is 1.70. The Bertz CT molecular complexity index is 139. The second kappa shape index (κ2) is 2.86. The maximum atomic E-state index is 8.83. The Morgan fingerprint density at radius 1 is 1.67 bits per heavy atom. The van der Waals surface area contributed by atoms with Gasteiger partial charge in [0.25, 0.3) is 0 Å². The van der Waals surface area contributed by atoms with E-state index in [2.05, 4.69) is 16.7 Å². The highest BCUT2D eigenvalue weighted by molar-refractivity contribution is 5.00. The average Bonchev–Trinajstić information content (AvgIpc) is 1.78. The van der Waals surface area contributed by atoms with Crippen molar-refractivity contribution in [1.82, 2.24) is 4.90 Å². The molecule has 1 aliphatic rings. The Kier molecular flexibility index (Phi) is 2.10. The summed E-state index contributed by atoms with van der Waals surface area (Å²) in [5, 5.41) is 8.83. The molecule has 0 radical (unpaired) electrons. The van der Waals surface area contributed by atoms with Crippen molar-refractivity contribution in [1.29, 1.82) is 0 Å². The summed E-state index contributed by atoms with van der Waals surface area (Å²) >= 11 is 0. The van der Waals surface area contributed by atoms with Crippen LogP contribution in [-0.2, 0) is 0 Å². The average molecular weight is 125 g/mol. The van der Waals surface area contributed by atoms with E-state index in [0.29, 0.717) is 0 Å². The van der Waals surface area contributed by atoms with E-state index in [-0.39, 0.29) is 6.10 Å². The van der Waals surface area contributed by atoms with Gasteiger partial charge in [-0.05, 0) is 6.92 Å². The van der Waals surface area contributed by atoms with Crippen molar-refractivity contribution in [3.63, 3.8) is 0 Å². The Hall–Kier alpha value is -0.520. The van der Waals surface area contributed by atoms with Crippen LogP contribution in [0.3, 0.4) is 0 Å². The molecular formula is C7H11NO. The molecule has 0 unspecified atom stereocenters. The molecular weight excluding hydrogens is 114 g/mol. The lowest BCUT2D eigenvalue weighted by molar-refractivity contribution is 0.0111. The standard InChI is InChI=1S/C7H11NO/c1-2-3-4-8-5-7(9)6-8/h7,9H,4-6H2,1H3. The van der Waals surface area contributed by atoms with Crippen molar-refractivity contribution >= 4 is 0 Å². The van der Waals surface area contributed by atoms with Crippen LogP contribution in [0.4, 0.5) is 0 Å². The number of aliphatic hydroxyl groups excluding tert-OH is 1. The molecule has 9 heavy (non-hydrogen) atoms. The molecule has 0 atom stereocenters. The quantitative estimate of drug-likeness (QED) is 0.486. The van der Waals surface area contributed by atoms with Crippen molar-refractivity contribution < 1.29 is 5.11 Å². The first-order valence-electron chi connectivity index (χ1n) is 3.13. The fourth-order valence-electron chi connectivity index (χ4n) is 0.863. The van der Waals surface area contributed by atoms with Crippen molar-refractivity contribution in [2.24, 2.45) is 0 Å². The van der Waals surface area contributed by atoms with E-state index in [9.17, 15) is 0 Å². The van der Waals surface area contributed by atoms with Crippen molar-refractivity contribution in [2.45, 2.75) is 13.0 Å². The summed E-state index contributed by atoms with van der Waals surface area (Å²) < 4.78 is 0.